The summed E-state index contributed by atoms with van der Waals surface area (Å²) in [5.74, 6) is 0.0136. The molecular weight excluding hydrogens is 406 g/mol. The van der Waals surface area contributed by atoms with Crippen LogP contribution in [0, 0.1) is 22.7 Å². The molecule has 2 N–H and O–H groups in total. The van der Waals surface area contributed by atoms with Gasteiger partial charge in [-0.2, -0.15) is 10.5 Å². The van der Waals surface area contributed by atoms with Gasteiger partial charge in [-0.1, -0.05) is 15.9 Å². The maximum Gasteiger partial charge on any atom is 0.240 e. The second-order valence-electron chi connectivity index (χ2n) is 6.16. The van der Waals surface area contributed by atoms with Gasteiger partial charge in [-0.25, -0.2) is 0 Å². The predicted octanol–water partition coefficient (Wildman–Crippen LogP) is 2.40. The van der Waals surface area contributed by atoms with Crippen LogP contribution in [0.15, 0.2) is 22.7 Å². The number of hydrogen-bond donors (Lipinski definition) is 2. The second kappa shape index (κ2) is 8.53. The van der Waals surface area contributed by atoms with Gasteiger partial charge in [0.2, 0.25) is 5.91 Å². The molecule has 1 amide bonds. The molecule has 8 heteroatoms. The zero-order chi connectivity index (χ0) is 17.1. The van der Waals surface area contributed by atoms with Crippen LogP contribution >= 0.6 is 28.3 Å². The first-order chi connectivity index (χ1) is 11.6. The zero-order valence-electron chi connectivity index (χ0n) is 13.5. The van der Waals surface area contributed by atoms with Crippen LogP contribution in [0.4, 0.5) is 5.69 Å². The summed E-state index contributed by atoms with van der Waals surface area (Å²) in [5.41, 5.74) is 1.35. The van der Waals surface area contributed by atoms with E-state index in [-0.39, 0.29) is 36.4 Å². The van der Waals surface area contributed by atoms with Gasteiger partial charge in [-0.3, -0.25) is 4.79 Å². The summed E-state index contributed by atoms with van der Waals surface area (Å²) < 4.78 is 0.860. The highest BCUT2D eigenvalue weighted by atomic mass is 79.9. The number of benzene rings is 1. The smallest absolute Gasteiger partial charge is 0.240 e. The van der Waals surface area contributed by atoms with Crippen LogP contribution in [0.3, 0.4) is 0 Å². The molecule has 0 saturated carbocycles. The molecule has 1 unspecified atom stereocenters. The number of carbonyl (C=O) groups excluding carboxylic acids is 1. The number of nitriles is 2. The van der Waals surface area contributed by atoms with E-state index in [9.17, 15) is 10.1 Å². The number of anilines is 1. The largest absolute Gasteiger partial charge is 0.380 e. The third kappa shape index (κ3) is 4.24. The molecule has 0 aliphatic carbocycles. The fourth-order valence-electron chi connectivity index (χ4n) is 3.35. The number of amides is 1. The van der Waals surface area contributed by atoms with Crippen molar-refractivity contribution in [3.05, 3.63) is 28.2 Å². The Morgan fingerprint density at radius 1 is 1.40 bits per heavy atom. The Hall–Kier alpha value is -1.80. The van der Waals surface area contributed by atoms with Gasteiger partial charge in [0.15, 0.2) is 0 Å². The van der Waals surface area contributed by atoms with Gasteiger partial charge < -0.3 is 15.5 Å². The molecule has 0 radical (unpaired) electrons. The Kier molecular flexibility index (Phi) is 6.66. The van der Waals surface area contributed by atoms with Crippen molar-refractivity contribution in [2.24, 2.45) is 0 Å². The first-order valence-electron chi connectivity index (χ1n) is 8.02. The Morgan fingerprint density at radius 3 is 2.92 bits per heavy atom. The summed E-state index contributed by atoms with van der Waals surface area (Å²) >= 11 is 3.36. The van der Waals surface area contributed by atoms with Crippen LogP contribution in [0.25, 0.3) is 0 Å². The Balaban J connectivity index is 0.00000225. The van der Waals surface area contributed by atoms with E-state index >= 15 is 0 Å². The number of carbonyl (C=O) groups is 1. The van der Waals surface area contributed by atoms with Crippen LogP contribution in [-0.4, -0.2) is 42.0 Å². The van der Waals surface area contributed by atoms with Crippen LogP contribution in [-0.2, 0) is 4.79 Å². The molecule has 25 heavy (non-hydrogen) atoms. The summed E-state index contributed by atoms with van der Waals surface area (Å²) in [6, 6.07) is 9.44. The third-order valence-electron chi connectivity index (χ3n) is 4.58. The Bertz CT molecular complexity index is 729. The number of nitrogens with one attached hydrogen (secondary N) is 2. The number of rotatable bonds is 3. The molecule has 132 valence electrons. The summed E-state index contributed by atoms with van der Waals surface area (Å²) in [6.07, 6.45) is 2.30. The van der Waals surface area contributed by atoms with Gasteiger partial charge in [-0.05, 0) is 37.5 Å². The monoisotopic (exact) mass is 423 g/mol. The van der Waals surface area contributed by atoms with Crippen LogP contribution in [0.1, 0.15) is 24.8 Å². The summed E-state index contributed by atoms with van der Waals surface area (Å²) in [6.45, 7) is 1.32. The maximum atomic E-state index is 12.6. The topological polar surface area (TPSA) is 91.9 Å². The minimum absolute atomic E-state index is 0. The van der Waals surface area contributed by atoms with E-state index in [0.717, 1.165) is 23.0 Å². The summed E-state index contributed by atoms with van der Waals surface area (Å²) in [7, 11) is 0. The van der Waals surface area contributed by atoms with E-state index in [1.165, 1.54) is 0 Å². The molecule has 0 aromatic heterocycles. The lowest BCUT2D eigenvalue weighted by Crippen LogP contribution is -2.45. The fourth-order valence-corrected chi connectivity index (χ4v) is 3.71. The van der Waals surface area contributed by atoms with Gasteiger partial charge in [0.25, 0.3) is 0 Å². The molecular formula is C17H19BrClN5O. The highest BCUT2D eigenvalue weighted by molar-refractivity contribution is 9.10. The van der Waals surface area contributed by atoms with E-state index in [1.807, 2.05) is 12.1 Å². The van der Waals surface area contributed by atoms with Crippen molar-refractivity contribution in [2.45, 2.75) is 37.4 Å². The van der Waals surface area contributed by atoms with Gasteiger partial charge >= 0.3 is 0 Å². The molecule has 1 aromatic rings. The van der Waals surface area contributed by atoms with Gasteiger partial charge in [-0.15, -0.1) is 12.4 Å². The first-order valence-corrected chi connectivity index (χ1v) is 8.81. The number of likely N-dealkylation sites (tertiary alicyclic amines) is 1. The lowest BCUT2D eigenvalue weighted by molar-refractivity contribution is -0.133. The summed E-state index contributed by atoms with van der Waals surface area (Å²) in [5, 5.41) is 25.0. The fraction of sp³-hybridized carbons (Fsp3) is 0.471. The highest BCUT2D eigenvalue weighted by Gasteiger charge is 2.37. The predicted molar refractivity (Wildman–Crippen MR) is 100 cm³/mol. The summed E-state index contributed by atoms with van der Waals surface area (Å²) in [4.78, 5) is 14.3. The molecule has 0 spiro atoms. The van der Waals surface area contributed by atoms with Crippen molar-refractivity contribution >= 4 is 39.9 Å². The molecule has 2 fully saturated rings. The van der Waals surface area contributed by atoms with E-state index in [4.69, 9.17) is 5.26 Å². The van der Waals surface area contributed by atoms with Crippen molar-refractivity contribution in [2.75, 3.05) is 18.4 Å². The number of halogens is 2. The van der Waals surface area contributed by atoms with E-state index in [0.29, 0.717) is 25.1 Å². The van der Waals surface area contributed by atoms with E-state index in [1.54, 1.807) is 11.0 Å². The van der Waals surface area contributed by atoms with E-state index in [2.05, 4.69) is 38.7 Å². The lowest BCUT2D eigenvalue weighted by atomic mass is 10.1. The van der Waals surface area contributed by atoms with Crippen LogP contribution < -0.4 is 10.6 Å². The minimum Gasteiger partial charge on any atom is -0.380 e. The number of hydrogen-bond acceptors (Lipinski definition) is 5. The normalized spacial score (nSPS) is 24.9. The van der Waals surface area contributed by atoms with Crippen molar-refractivity contribution in [3.8, 4) is 12.1 Å². The first kappa shape index (κ1) is 19.5. The SMILES string of the molecule is Cl.N#Cc1cc(Br)ccc1N[C@@H]1CN[C@H](C(=O)N2CCCC2C#N)C1. The molecule has 3 rings (SSSR count). The van der Waals surface area contributed by atoms with Gasteiger partial charge in [0.05, 0.1) is 23.4 Å². The Labute approximate surface area is 161 Å². The van der Waals surface area contributed by atoms with E-state index < -0.39 is 0 Å². The second-order valence-corrected chi connectivity index (χ2v) is 7.07. The maximum absolute atomic E-state index is 12.6. The van der Waals surface area contributed by atoms with Crippen LogP contribution in [0.2, 0.25) is 0 Å². The van der Waals surface area contributed by atoms with Crippen LogP contribution in [0.5, 0.6) is 0 Å². The zero-order valence-corrected chi connectivity index (χ0v) is 15.9. The van der Waals surface area contributed by atoms with Crippen molar-refractivity contribution in [1.29, 1.82) is 10.5 Å². The molecule has 2 heterocycles. The van der Waals surface area contributed by atoms with Gasteiger partial charge in [0, 0.05) is 23.6 Å². The Morgan fingerprint density at radius 2 is 2.20 bits per heavy atom. The minimum atomic E-state index is -0.289. The van der Waals surface area contributed by atoms with Crippen molar-refractivity contribution < 1.29 is 4.79 Å². The van der Waals surface area contributed by atoms with Gasteiger partial charge in [0.1, 0.15) is 12.1 Å². The quantitative estimate of drug-likeness (QED) is 0.777. The lowest BCUT2D eigenvalue weighted by Gasteiger charge is -2.23. The highest BCUT2D eigenvalue weighted by Crippen LogP contribution is 2.24. The third-order valence-corrected chi connectivity index (χ3v) is 5.07. The molecule has 0 bridgehead atoms. The average Bonchev–Trinajstić information content (AvgIpc) is 3.24. The molecule has 2 aliphatic heterocycles. The number of nitrogens with zero attached hydrogens (tertiary/aromatic N) is 3. The standard InChI is InChI=1S/C17H18BrN5O.ClH/c18-12-3-4-15(11(6-12)8-19)22-13-7-16(21-10-13)17(24)23-5-1-2-14(23)9-20;/h3-4,6,13-14,16,21-22H,1-2,5,7,10H2;1H/t13-,14?,16-;/m0./s1. The molecule has 2 aliphatic rings. The average molecular weight is 425 g/mol. The molecule has 3 atom stereocenters. The molecule has 2 saturated heterocycles. The molecule has 1 aromatic carbocycles. The van der Waals surface area contributed by atoms with Crippen molar-refractivity contribution in [1.82, 2.24) is 10.2 Å². The van der Waals surface area contributed by atoms with Crippen molar-refractivity contribution in [3.63, 3.8) is 0 Å². The molecule has 6 nitrogen and oxygen atoms in total.